The van der Waals surface area contributed by atoms with Crippen molar-refractivity contribution >= 4 is 5.69 Å². The van der Waals surface area contributed by atoms with Crippen molar-refractivity contribution in [2.24, 2.45) is 0 Å². The zero-order chi connectivity index (χ0) is 15.2. The predicted octanol–water partition coefficient (Wildman–Crippen LogP) is 3.51. The largest absolute Gasteiger partial charge is 0.346 e. The molecule has 2 rings (SSSR count). The van der Waals surface area contributed by atoms with Gasteiger partial charge in [-0.3, -0.25) is 10.1 Å². The molecular weight excluding hydrogens is 266 g/mol. The maximum absolute atomic E-state index is 10.8. The lowest BCUT2D eigenvalue weighted by atomic mass is 10.2. The van der Waals surface area contributed by atoms with Gasteiger partial charge in [0.25, 0.3) is 5.69 Å². The van der Waals surface area contributed by atoms with Crippen molar-refractivity contribution in [1.82, 2.24) is 9.88 Å². The second-order valence-electron chi connectivity index (χ2n) is 5.16. The third-order valence-electron chi connectivity index (χ3n) is 3.48. The summed E-state index contributed by atoms with van der Waals surface area (Å²) in [7, 11) is 0. The van der Waals surface area contributed by atoms with Gasteiger partial charge in [0, 0.05) is 36.6 Å². The van der Waals surface area contributed by atoms with E-state index in [0.29, 0.717) is 6.54 Å². The van der Waals surface area contributed by atoms with Crippen molar-refractivity contribution in [2.45, 2.75) is 32.9 Å². The van der Waals surface area contributed by atoms with Crippen molar-refractivity contribution in [3.8, 4) is 0 Å². The van der Waals surface area contributed by atoms with Gasteiger partial charge in [-0.25, -0.2) is 0 Å². The number of benzene rings is 1. The molecule has 1 atom stereocenters. The first-order chi connectivity index (χ1) is 10.1. The lowest BCUT2D eigenvalue weighted by Crippen LogP contribution is -2.22. The fourth-order valence-corrected chi connectivity index (χ4v) is 2.39. The maximum atomic E-state index is 10.8. The third kappa shape index (κ3) is 3.92. The van der Waals surface area contributed by atoms with Gasteiger partial charge >= 0.3 is 0 Å². The van der Waals surface area contributed by atoms with Gasteiger partial charge in [-0.15, -0.1) is 0 Å². The first kappa shape index (κ1) is 15.3. The van der Waals surface area contributed by atoms with E-state index in [0.717, 1.165) is 18.5 Å². The molecule has 0 saturated carbocycles. The molecule has 2 aromatic rings. The van der Waals surface area contributed by atoms with E-state index in [1.54, 1.807) is 12.1 Å². The first-order valence-electron chi connectivity index (χ1n) is 7.23. The standard InChI is InChI=1S/C16H21N3O2/c1-3-9-17-13(2)16-8-5-10-18(16)12-14-6-4-7-15(11-14)19(20)21/h4-8,10-11,13,17H,3,9,12H2,1-2H3. The second kappa shape index (κ2) is 7.04. The van der Waals surface area contributed by atoms with Crippen molar-refractivity contribution < 1.29 is 4.92 Å². The van der Waals surface area contributed by atoms with Crippen LogP contribution in [0.2, 0.25) is 0 Å². The normalized spacial score (nSPS) is 12.3. The SMILES string of the molecule is CCCNC(C)c1cccn1Cc1cccc([N+](=O)[O-])c1. The smallest absolute Gasteiger partial charge is 0.269 e. The minimum Gasteiger partial charge on any atom is -0.346 e. The molecule has 0 radical (unpaired) electrons. The van der Waals surface area contributed by atoms with Crippen LogP contribution in [0.1, 0.15) is 37.6 Å². The summed E-state index contributed by atoms with van der Waals surface area (Å²) in [5, 5.41) is 14.3. The van der Waals surface area contributed by atoms with Crippen LogP contribution in [-0.2, 0) is 6.54 Å². The van der Waals surface area contributed by atoms with Crippen molar-refractivity contribution in [3.05, 3.63) is 64.0 Å². The summed E-state index contributed by atoms with van der Waals surface area (Å²) in [5.41, 5.74) is 2.26. The highest BCUT2D eigenvalue weighted by molar-refractivity contribution is 5.34. The van der Waals surface area contributed by atoms with Crippen LogP contribution in [0, 0.1) is 10.1 Å². The van der Waals surface area contributed by atoms with E-state index in [1.807, 2.05) is 18.3 Å². The summed E-state index contributed by atoms with van der Waals surface area (Å²) in [5.74, 6) is 0. The van der Waals surface area contributed by atoms with E-state index >= 15 is 0 Å². The van der Waals surface area contributed by atoms with E-state index in [4.69, 9.17) is 0 Å². The van der Waals surface area contributed by atoms with Crippen LogP contribution in [-0.4, -0.2) is 16.0 Å². The minimum atomic E-state index is -0.356. The average molecular weight is 287 g/mol. The second-order valence-corrected chi connectivity index (χ2v) is 5.16. The molecule has 0 aliphatic carbocycles. The van der Waals surface area contributed by atoms with Crippen LogP contribution >= 0.6 is 0 Å². The highest BCUT2D eigenvalue weighted by atomic mass is 16.6. The Hall–Kier alpha value is -2.14. The van der Waals surface area contributed by atoms with Gasteiger partial charge in [0.05, 0.1) is 4.92 Å². The molecular formula is C16H21N3O2. The van der Waals surface area contributed by atoms with Crippen LogP contribution in [0.4, 0.5) is 5.69 Å². The lowest BCUT2D eigenvalue weighted by molar-refractivity contribution is -0.384. The fourth-order valence-electron chi connectivity index (χ4n) is 2.39. The van der Waals surface area contributed by atoms with Crippen LogP contribution < -0.4 is 5.32 Å². The molecule has 0 amide bonds. The van der Waals surface area contributed by atoms with Gasteiger partial charge in [0.1, 0.15) is 0 Å². The summed E-state index contributed by atoms with van der Waals surface area (Å²) < 4.78 is 2.13. The summed E-state index contributed by atoms with van der Waals surface area (Å²) in [6.07, 6.45) is 3.11. The number of aromatic nitrogens is 1. The van der Waals surface area contributed by atoms with Crippen LogP contribution in [0.3, 0.4) is 0 Å². The van der Waals surface area contributed by atoms with Gasteiger partial charge in [0.15, 0.2) is 0 Å². The van der Waals surface area contributed by atoms with Gasteiger partial charge < -0.3 is 9.88 Å². The van der Waals surface area contributed by atoms with Crippen molar-refractivity contribution in [2.75, 3.05) is 6.54 Å². The molecule has 0 aliphatic heterocycles. The van der Waals surface area contributed by atoms with E-state index in [1.165, 1.54) is 11.8 Å². The average Bonchev–Trinajstić information content (AvgIpc) is 2.93. The number of hydrogen-bond donors (Lipinski definition) is 1. The van der Waals surface area contributed by atoms with Gasteiger partial charge in [0.2, 0.25) is 0 Å². The summed E-state index contributed by atoms with van der Waals surface area (Å²) in [6, 6.07) is 11.2. The van der Waals surface area contributed by atoms with Crippen LogP contribution in [0.25, 0.3) is 0 Å². The molecule has 0 bridgehead atoms. The van der Waals surface area contributed by atoms with E-state index in [-0.39, 0.29) is 16.7 Å². The Morgan fingerprint density at radius 3 is 2.86 bits per heavy atom. The Balaban J connectivity index is 2.15. The zero-order valence-electron chi connectivity index (χ0n) is 12.5. The predicted molar refractivity (Wildman–Crippen MR) is 83.3 cm³/mol. The Labute approximate surface area is 124 Å². The summed E-state index contributed by atoms with van der Waals surface area (Å²) >= 11 is 0. The highest BCUT2D eigenvalue weighted by Crippen LogP contribution is 2.18. The van der Waals surface area contributed by atoms with E-state index in [9.17, 15) is 10.1 Å². The molecule has 1 aromatic heterocycles. The Kier molecular flexibility index (Phi) is 5.11. The molecule has 0 aliphatic rings. The van der Waals surface area contributed by atoms with E-state index < -0.39 is 0 Å². The van der Waals surface area contributed by atoms with Gasteiger partial charge in [-0.1, -0.05) is 19.1 Å². The molecule has 0 fully saturated rings. The molecule has 5 nitrogen and oxygen atoms in total. The molecule has 0 saturated heterocycles. The molecule has 1 heterocycles. The number of hydrogen-bond acceptors (Lipinski definition) is 3. The number of nitrogens with one attached hydrogen (secondary N) is 1. The number of nitrogens with zero attached hydrogens (tertiary/aromatic N) is 2. The molecule has 1 unspecified atom stereocenters. The first-order valence-corrected chi connectivity index (χ1v) is 7.23. The minimum absolute atomic E-state index is 0.137. The highest BCUT2D eigenvalue weighted by Gasteiger charge is 2.11. The summed E-state index contributed by atoms with van der Waals surface area (Å²) in [6.45, 7) is 5.89. The number of nitro benzene ring substituents is 1. The van der Waals surface area contributed by atoms with Gasteiger partial charge in [-0.2, -0.15) is 0 Å². The Morgan fingerprint density at radius 1 is 1.33 bits per heavy atom. The zero-order valence-corrected chi connectivity index (χ0v) is 12.5. The number of rotatable bonds is 7. The Morgan fingerprint density at radius 2 is 2.14 bits per heavy atom. The molecule has 112 valence electrons. The quantitative estimate of drug-likeness (QED) is 0.626. The lowest BCUT2D eigenvalue weighted by Gasteiger charge is -2.17. The molecule has 1 aromatic carbocycles. The van der Waals surface area contributed by atoms with Crippen molar-refractivity contribution in [3.63, 3.8) is 0 Å². The summed E-state index contributed by atoms with van der Waals surface area (Å²) in [4.78, 5) is 10.5. The third-order valence-corrected chi connectivity index (χ3v) is 3.48. The fraction of sp³-hybridized carbons (Fsp3) is 0.375. The number of non-ortho nitro benzene ring substituents is 1. The monoisotopic (exact) mass is 287 g/mol. The van der Waals surface area contributed by atoms with Crippen molar-refractivity contribution in [1.29, 1.82) is 0 Å². The van der Waals surface area contributed by atoms with Crippen LogP contribution in [0.5, 0.6) is 0 Å². The topological polar surface area (TPSA) is 60.1 Å². The molecule has 5 heteroatoms. The maximum Gasteiger partial charge on any atom is 0.269 e. The van der Waals surface area contributed by atoms with E-state index in [2.05, 4.69) is 29.8 Å². The van der Waals surface area contributed by atoms with Gasteiger partial charge in [-0.05, 0) is 37.6 Å². The Bertz CT molecular complexity index is 607. The van der Waals surface area contributed by atoms with Crippen LogP contribution in [0.15, 0.2) is 42.6 Å². The molecule has 0 spiro atoms. The molecule has 21 heavy (non-hydrogen) atoms. The molecule has 1 N–H and O–H groups in total. The number of nitro groups is 1.